The van der Waals surface area contributed by atoms with E-state index in [1.807, 2.05) is 18.3 Å². The summed E-state index contributed by atoms with van der Waals surface area (Å²) >= 11 is 5.97. The lowest BCUT2D eigenvalue weighted by Crippen LogP contribution is -2.35. The van der Waals surface area contributed by atoms with Gasteiger partial charge in [-0.2, -0.15) is 0 Å². The van der Waals surface area contributed by atoms with E-state index in [0.717, 1.165) is 55.2 Å². The third-order valence-electron chi connectivity index (χ3n) is 5.91. The second-order valence-electron chi connectivity index (χ2n) is 8.03. The number of aromatic amines is 1. The average Bonchev–Trinajstić information content (AvgIpc) is 3.30. The van der Waals surface area contributed by atoms with Crippen molar-refractivity contribution >= 4 is 17.4 Å². The molecule has 1 N–H and O–H groups in total. The van der Waals surface area contributed by atoms with E-state index in [1.54, 1.807) is 12.1 Å². The molecule has 1 fully saturated rings. The summed E-state index contributed by atoms with van der Waals surface area (Å²) in [6.07, 6.45) is 5.23. The van der Waals surface area contributed by atoms with Gasteiger partial charge in [-0.3, -0.25) is 9.69 Å². The van der Waals surface area contributed by atoms with Crippen LogP contribution in [0.4, 0.5) is 5.82 Å². The predicted octanol–water partition coefficient (Wildman–Crippen LogP) is 3.64. The normalized spacial score (nSPS) is 16.6. The quantitative estimate of drug-likeness (QED) is 0.696. The number of hydrogen-bond acceptors (Lipinski definition) is 5. The molecule has 4 heterocycles. The molecule has 0 spiro atoms. The average molecular weight is 422 g/mol. The van der Waals surface area contributed by atoms with E-state index in [9.17, 15) is 4.79 Å². The molecule has 2 aliphatic heterocycles. The maximum absolute atomic E-state index is 12.7. The van der Waals surface area contributed by atoms with Gasteiger partial charge >= 0.3 is 0 Å². The summed E-state index contributed by atoms with van der Waals surface area (Å²) in [5.41, 5.74) is 3.63. The Labute approximate surface area is 180 Å². The Balaban J connectivity index is 1.30. The molecule has 0 aliphatic carbocycles. The van der Waals surface area contributed by atoms with Crippen molar-refractivity contribution in [3.8, 4) is 11.4 Å². The Morgan fingerprint density at radius 3 is 2.57 bits per heavy atom. The van der Waals surface area contributed by atoms with E-state index in [4.69, 9.17) is 16.6 Å². The van der Waals surface area contributed by atoms with Gasteiger partial charge in [0.1, 0.15) is 11.6 Å². The third-order valence-corrected chi connectivity index (χ3v) is 6.16. The number of anilines is 1. The third kappa shape index (κ3) is 3.98. The fraction of sp³-hybridized carbons (Fsp3) is 0.348. The largest absolute Gasteiger partial charge is 0.357 e. The number of rotatable bonds is 4. The van der Waals surface area contributed by atoms with Crippen LogP contribution in [0.25, 0.3) is 11.4 Å². The van der Waals surface area contributed by atoms with Crippen LogP contribution in [0.3, 0.4) is 0 Å². The highest BCUT2D eigenvalue weighted by molar-refractivity contribution is 6.30. The van der Waals surface area contributed by atoms with E-state index in [2.05, 4.69) is 31.9 Å². The minimum atomic E-state index is -0.0582. The van der Waals surface area contributed by atoms with Gasteiger partial charge in [-0.15, -0.1) is 0 Å². The second-order valence-corrected chi connectivity index (χ2v) is 8.46. The first kappa shape index (κ1) is 19.3. The predicted molar refractivity (Wildman–Crippen MR) is 119 cm³/mol. The molecule has 30 heavy (non-hydrogen) atoms. The Hall–Kier alpha value is -2.70. The Kier molecular flexibility index (Phi) is 5.27. The van der Waals surface area contributed by atoms with E-state index in [-0.39, 0.29) is 5.56 Å². The minimum absolute atomic E-state index is 0.0582. The fourth-order valence-corrected chi connectivity index (χ4v) is 4.39. The summed E-state index contributed by atoms with van der Waals surface area (Å²) in [6, 6.07) is 11.6. The van der Waals surface area contributed by atoms with Crippen LogP contribution in [0.2, 0.25) is 5.02 Å². The molecule has 2 aromatic heterocycles. The molecule has 0 radical (unpaired) electrons. The molecule has 154 valence electrons. The second kappa shape index (κ2) is 8.20. The number of pyridine rings is 1. The van der Waals surface area contributed by atoms with Crippen LogP contribution < -0.4 is 10.5 Å². The van der Waals surface area contributed by atoms with Gasteiger partial charge in [0.05, 0.1) is 11.3 Å². The van der Waals surface area contributed by atoms with Crippen LogP contribution in [-0.2, 0) is 19.5 Å². The molecule has 0 amide bonds. The van der Waals surface area contributed by atoms with Crippen molar-refractivity contribution in [3.05, 3.63) is 74.8 Å². The maximum Gasteiger partial charge on any atom is 0.255 e. The van der Waals surface area contributed by atoms with Gasteiger partial charge in [0.25, 0.3) is 5.56 Å². The topological polar surface area (TPSA) is 65.1 Å². The molecule has 5 rings (SSSR count). The molecule has 0 bridgehead atoms. The molecular formula is C23H24ClN5O. The van der Waals surface area contributed by atoms with Gasteiger partial charge in [0, 0.05) is 55.9 Å². The van der Waals surface area contributed by atoms with E-state index < -0.39 is 0 Å². The monoisotopic (exact) mass is 421 g/mol. The number of H-pyrrole nitrogens is 1. The summed E-state index contributed by atoms with van der Waals surface area (Å²) in [6.45, 7) is 4.46. The van der Waals surface area contributed by atoms with Crippen molar-refractivity contribution in [1.29, 1.82) is 0 Å². The highest BCUT2D eigenvalue weighted by Gasteiger charge is 2.22. The molecule has 0 saturated carbocycles. The maximum atomic E-state index is 12.7. The van der Waals surface area contributed by atoms with Crippen molar-refractivity contribution in [2.45, 2.75) is 32.4 Å². The molecule has 0 unspecified atom stereocenters. The first-order valence-corrected chi connectivity index (χ1v) is 10.8. The van der Waals surface area contributed by atoms with Crippen LogP contribution in [0, 0.1) is 0 Å². The van der Waals surface area contributed by atoms with Crippen LogP contribution in [0.15, 0.2) is 47.4 Å². The van der Waals surface area contributed by atoms with Crippen LogP contribution in [0.5, 0.6) is 0 Å². The van der Waals surface area contributed by atoms with Gasteiger partial charge in [-0.05, 0) is 48.7 Å². The van der Waals surface area contributed by atoms with E-state index in [1.165, 1.54) is 18.4 Å². The smallest absolute Gasteiger partial charge is 0.255 e. The van der Waals surface area contributed by atoms with E-state index in [0.29, 0.717) is 17.4 Å². The highest BCUT2D eigenvalue weighted by Crippen LogP contribution is 2.22. The van der Waals surface area contributed by atoms with Crippen molar-refractivity contribution in [2.24, 2.45) is 0 Å². The van der Waals surface area contributed by atoms with Gasteiger partial charge in [-0.25, -0.2) is 9.97 Å². The molecule has 6 nitrogen and oxygen atoms in total. The van der Waals surface area contributed by atoms with Crippen molar-refractivity contribution in [2.75, 3.05) is 24.5 Å². The molecule has 3 aromatic rings. The molecule has 1 saturated heterocycles. The Morgan fingerprint density at radius 2 is 1.83 bits per heavy atom. The Bertz CT molecular complexity index is 1090. The first-order valence-electron chi connectivity index (χ1n) is 10.5. The fourth-order valence-electron chi connectivity index (χ4n) is 4.26. The van der Waals surface area contributed by atoms with Gasteiger partial charge in [0.2, 0.25) is 0 Å². The number of hydrogen-bond donors (Lipinski definition) is 1. The standard InChI is InChI=1S/C23H24ClN5O/c24-18-6-4-17(5-7-18)22-26-20-9-12-28(15-19(20)23(30)27-22)14-16-3-8-21(25-13-16)29-10-1-2-11-29/h3-8,13H,1-2,9-12,14-15H2,(H,26,27,30). The van der Waals surface area contributed by atoms with Gasteiger partial charge < -0.3 is 9.88 Å². The summed E-state index contributed by atoms with van der Waals surface area (Å²) in [5.74, 6) is 1.67. The van der Waals surface area contributed by atoms with Crippen molar-refractivity contribution in [1.82, 2.24) is 19.9 Å². The minimum Gasteiger partial charge on any atom is -0.357 e. The number of nitrogens with zero attached hydrogens (tertiary/aromatic N) is 4. The number of halogens is 1. The molecule has 7 heteroatoms. The molecular weight excluding hydrogens is 398 g/mol. The van der Waals surface area contributed by atoms with E-state index >= 15 is 0 Å². The molecule has 1 aromatic carbocycles. The molecule has 0 atom stereocenters. The zero-order chi connectivity index (χ0) is 20.5. The van der Waals surface area contributed by atoms with Crippen molar-refractivity contribution in [3.63, 3.8) is 0 Å². The SMILES string of the molecule is O=c1[nH]c(-c2ccc(Cl)cc2)nc2c1CN(Cc1ccc(N3CCCC3)nc1)CC2. The van der Waals surface area contributed by atoms with Gasteiger partial charge in [-0.1, -0.05) is 17.7 Å². The number of benzene rings is 1. The lowest BCUT2D eigenvalue weighted by Gasteiger charge is -2.27. The number of nitrogens with one attached hydrogen (secondary N) is 1. The summed E-state index contributed by atoms with van der Waals surface area (Å²) < 4.78 is 0. The zero-order valence-corrected chi connectivity index (χ0v) is 17.5. The van der Waals surface area contributed by atoms with Crippen molar-refractivity contribution < 1.29 is 0 Å². The molecule has 2 aliphatic rings. The lowest BCUT2D eigenvalue weighted by molar-refractivity contribution is 0.241. The zero-order valence-electron chi connectivity index (χ0n) is 16.8. The van der Waals surface area contributed by atoms with Crippen LogP contribution >= 0.6 is 11.6 Å². The van der Waals surface area contributed by atoms with Gasteiger partial charge in [0.15, 0.2) is 0 Å². The number of fused-ring (bicyclic) bond motifs is 1. The highest BCUT2D eigenvalue weighted by atomic mass is 35.5. The lowest BCUT2D eigenvalue weighted by atomic mass is 10.1. The van der Waals surface area contributed by atoms with Crippen LogP contribution in [-0.4, -0.2) is 39.5 Å². The number of aromatic nitrogens is 3. The summed E-state index contributed by atoms with van der Waals surface area (Å²) in [4.78, 5) is 29.7. The summed E-state index contributed by atoms with van der Waals surface area (Å²) in [5, 5.41) is 0.664. The van der Waals surface area contributed by atoms with Crippen LogP contribution in [0.1, 0.15) is 29.7 Å². The first-order chi connectivity index (χ1) is 14.7. The Morgan fingerprint density at radius 1 is 1.03 bits per heavy atom. The summed E-state index contributed by atoms with van der Waals surface area (Å²) in [7, 11) is 0.